The van der Waals surface area contributed by atoms with Gasteiger partial charge >= 0.3 is 0 Å². The van der Waals surface area contributed by atoms with Crippen LogP contribution in [-0.4, -0.2) is 44.8 Å². The minimum atomic E-state index is -4.12. The smallest absolute Gasteiger partial charge is 0.264 e. The van der Waals surface area contributed by atoms with E-state index in [0.29, 0.717) is 27.7 Å². The second-order valence-corrected chi connectivity index (χ2v) is 12.2. The molecule has 0 spiro atoms. The van der Waals surface area contributed by atoms with Gasteiger partial charge in [0.05, 0.1) is 20.6 Å². The van der Waals surface area contributed by atoms with Gasteiger partial charge in [-0.1, -0.05) is 69.8 Å². The first kappa shape index (κ1) is 30.0. The van der Waals surface area contributed by atoms with E-state index in [0.717, 1.165) is 14.3 Å². The van der Waals surface area contributed by atoms with E-state index in [9.17, 15) is 18.0 Å². The van der Waals surface area contributed by atoms with Crippen LogP contribution in [-0.2, 0) is 26.2 Å². The van der Waals surface area contributed by atoms with Crippen molar-refractivity contribution >= 4 is 66.7 Å². The molecular formula is C27H28BrCl2N3O4S. The van der Waals surface area contributed by atoms with E-state index in [1.54, 1.807) is 61.5 Å². The normalized spacial score (nSPS) is 12.1. The number of halogens is 3. The molecule has 0 aliphatic rings. The van der Waals surface area contributed by atoms with Gasteiger partial charge in [0.1, 0.15) is 12.6 Å². The predicted octanol–water partition coefficient (Wildman–Crippen LogP) is 5.81. The van der Waals surface area contributed by atoms with Crippen LogP contribution >= 0.6 is 39.1 Å². The van der Waals surface area contributed by atoms with Gasteiger partial charge in [-0.3, -0.25) is 13.9 Å². The number of hydrogen-bond donors (Lipinski definition) is 1. The molecule has 2 amide bonds. The Morgan fingerprint density at radius 2 is 1.61 bits per heavy atom. The van der Waals surface area contributed by atoms with Crippen molar-refractivity contribution in [1.29, 1.82) is 0 Å². The van der Waals surface area contributed by atoms with Gasteiger partial charge in [-0.15, -0.1) is 0 Å². The van der Waals surface area contributed by atoms with Gasteiger partial charge in [-0.2, -0.15) is 0 Å². The third kappa shape index (κ3) is 7.08. The molecule has 0 aromatic heterocycles. The van der Waals surface area contributed by atoms with Gasteiger partial charge in [0, 0.05) is 18.1 Å². The highest BCUT2D eigenvalue weighted by molar-refractivity contribution is 9.10. The third-order valence-corrected chi connectivity index (χ3v) is 9.03. The Bertz CT molecular complexity index is 1400. The summed E-state index contributed by atoms with van der Waals surface area (Å²) in [5.41, 5.74) is 1.86. The minimum Gasteiger partial charge on any atom is -0.357 e. The van der Waals surface area contributed by atoms with Crippen molar-refractivity contribution in [2.24, 2.45) is 0 Å². The lowest BCUT2D eigenvalue weighted by atomic mass is 10.1. The Balaban J connectivity index is 2.06. The average molecular weight is 641 g/mol. The Kier molecular flexibility index (Phi) is 10.2. The van der Waals surface area contributed by atoms with Crippen LogP contribution in [0.5, 0.6) is 0 Å². The summed E-state index contributed by atoms with van der Waals surface area (Å²) in [6, 6.07) is 17.1. The Labute approximate surface area is 241 Å². The summed E-state index contributed by atoms with van der Waals surface area (Å²) >= 11 is 15.6. The van der Waals surface area contributed by atoms with Crippen LogP contribution in [0.1, 0.15) is 24.5 Å². The monoisotopic (exact) mass is 639 g/mol. The van der Waals surface area contributed by atoms with Crippen molar-refractivity contribution in [3.63, 3.8) is 0 Å². The molecule has 0 saturated carbocycles. The molecule has 3 aromatic rings. The molecule has 3 aromatic carbocycles. The SMILES string of the molecule is CC[C@@H](C(=O)NC)N(Cc1ccc(Cl)c(Cl)c1)C(=O)CN(c1ccc(Br)cc1)S(=O)(=O)c1ccc(C)cc1. The molecule has 0 radical (unpaired) electrons. The molecule has 3 rings (SSSR count). The molecule has 0 aliphatic carbocycles. The fourth-order valence-electron chi connectivity index (χ4n) is 3.89. The van der Waals surface area contributed by atoms with Crippen molar-refractivity contribution in [1.82, 2.24) is 10.2 Å². The molecule has 0 aliphatic heterocycles. The summed E-state index contributed by atoms with van der Waals surface area (Å²) in [4.78, 5) is 28.0. The quantitative estimate of drug-likeness (QED) is 0.303. The maximum absolute atomic E-state index is 13.9. The number of nitrogens with one attached hydrogen (secondary N) is 1. The van der Waals surface area contributed by atoms with Crippen LogP contribution in [0.4, 0.5) is 5.69 Å². The zero-order valence-corrected chi connectivity index (χ0v) is 25.0. The zero-order valence-electron chi connectivity index (χ0n) is 21.1. The zero-order chi connectivity index (χ0) is 28.0. The van der Waals surface area contributed by atoms with Crippen LogP contribution < -0.4 is 9.62 Å². The number of carbonyl (C=O) groups is 2. The first-order valence-electron chi connectivity index (χ1n) is 11.8. The Morgan fingerprint density at radius 1 is 0.974 bits per heavy atom. The number of likely N-dealkylation sites (N-methyl/N-ethyl adjacent to an activating group) is 1. The van der Waals surface area contributed by atoms with Crippen molar-refractivity contribution in [2.75, 3.05) is 17.9 Å². The molecule has 0 fully saturated rings. The molecular weight excluding hydrogens is 613 g/mol. The van der Waals surface area contributed by atoms with Crippen molar-refractivity contribution in [2.45, 2.75) is 37.8 Å². The largest absolute Gasteiger partial charge is 0.357 e. The second kappa shape index (κ2) is 13.0. The van der Waals surface area contributed by atoms with E-state index in [1.807, 2.05) is 6.92 Å². The number of amides is 2. The topological polar surface area (TPSA) is 86.8 Å². The lowest BCUT2D eigenvalue weighted by Crippen LogP contribution is -2.51. The number of sulfonamides is 1. The summed E-state index contributed by atoms with van der Waals surface area (Å²) in [6.45, 7) is 3.15. The number of anilines is 1. The molecule has 0 unspecified atom stereocenters. The second-order valence-electron chi connectivity index (χ2n) is 8.61. The van der Waals surface area contributed by atoms with Gasteiger partial charge in [-0.05, 0) is 67.4 Å². The maximum Gasteiger partial charge on any atom is 0.264 e. The van der Waals surface area contributed by atoms with Crippen molar-refractivity contribution in [3.05, 3.63) is 92.4 Å². The molecule has 0 bridgehead atoms. The first-order valence-corrected chi connectivity index (χ1v) is 14.8. The molecule has 0 saturated heterocycles. The summed E-state index contributed by atoms with van der Waals surface area (Å²) in [5, 5.41) is 3.26. The van der Waals surface area contributed by atoms with Crippen molar-refractivity contribution < 1.29 is 18.0 Å². The summed E-state index contributed by atoms with van der Waals surface area (Å²) in [7, 11) is -2.64. The molecule has 7 nitrogen and oxygen atoms in total. The standard InChI is InChI=1S/C27H28BrCl2N3O4S/c1-4-25(27(35)31-3)32(16-19-7-14-23(29)24(30)15-19)26(34)17-33(21-10-8-20(28)9-11-21)38(36,37)22-12-5-18(2)6-13-22/h5-15,25H,4,16-17H2,1-3H3,(H,31,35)/t25-/m0/s1. The van der Waals surface area contributed by atoms with E-state index in [1.165, 1.54) is 24.1 Å². The molecule has 1 N–H and O–H groups in total. The lowest BCUT2D eigenvalue weighted by molar-refractivity contribution is -0.140. The van der Waals surface area contributed by atoms with Crippen molar-refractivity contribution in [3.8, 4) is 0 Å². The highest BCUT2D eigenvalue weighted by Crippen LogP contribution is 2.27. The first-order chi connectivity index (χ1) is 18.0. The van der Waals surface area contributed by atoms with Gasteiger partial charge in [0.2, 0.25) is 11.8 Å². The average Bonchev–Trinajstić information content (AvgIpc) is 2.89. The Hall–Kier alpha value is -2.59. The highest BCUT2D eigenvalue weighted by atomic mass is 79.9. The third-order valence-electron chi connectivity index (χ3n) is 5.97. The number of carbonyl (C=O) groups excluding carboxylic acids is 2. The highest BCUT2D eigenvalue weighted by Gasteiger charge is 2.33. The van der Waals surface area contributed by atoms with E-state index in [-0.39, 0.29) is 17.3 Å². The van der Waals surface area contributed by atoms with E-state index in [2.05, 4.69) is 21.2 Å². The predicted molar refractivity (Wildman–Crippen MR) is 155 cm³/mol. The van der Waals surface area contributed by atoms with E-state index >= 15 is 0 Å². The van der Waals surface area contributed by atoms with E-state index < -0.39 is 28.5 Å². The number of hydrogen-bond acceptors (Lipinski definition) is 4. The molecule has 38 heavy (non-hydrogen) atoms. The van der Waals surface area contributed by atoms with Crippen LogP contribution in [0.25, 0.3) is 0 Å². The van der Waals surface area contributed by atoms with Crippen LogP contribution in [0.2, 0.25) is 10.0 Å². The maximum atomic E-state index is 13.9. The minimum absolute atomic E-state index is 0.0282. The van der Waals surface area contributed by atoms with E-state index in [4.69, 9.17) is 23.2 Å². The fraction of sp³-hybridized carbons (Fsp3) is 0.259. The van der Waals surface area contributed by atoms with Gasteiger partial charge in [0.15, 0.2) is 0 Å². The summed E-state index contributed by atoms with van der Waals surface area (Å²) in [6.07, 6.45) is 0.315. The number of aryl methyl sites for hydroxylation is 1. The lowest BCUT2D eigenvalue weighted by Gasteiger charge is -2.33. The van der Waals surface area contributed by atoms with Gasteiger partial charge in [0.25, 0.3) is 10.0 Å². The number of benzene rings is 3. The number of rotatable bonds is 10. The number of nitrogens with zero attached hydrogens (tertiary/aromatic N) is 2. The van der Waals surface area contributed by atoms with Crippen LogP contribution in [0.3, 0.4) is 0 Å². The molecule has 1 atom stereocenters. The molecule has 202 valence electrons. The molecule has 0 heterocycles. The molecule has 11 heteroatoms. The van der Waals surface area contributed by atoms with Gasteiger partial charge < -0.3 is 10.2 Å². The van der Waals surface area contributed by atoms with Gasteiger partial charge in [-0.25, -0.2) is 8.42 Å². The fourth-order valence-corrected chi connectivity index (χ4v) is 5.89. The van der Waals surface area contributed by atoms with Crippen LogP contribution in [0.15, 0.2) is 76.1 Å². The summed E-state index contributed by atoms with van der Waals surface area (Å²) in [5.74, 6) is -0.914. The summed E-state index contributed by atoms with van der Waals surface area (Å²) < 4.78 is 29.4. The van der Waals surface area contributed by atoms with Crippen LogP contribution in [0, 0.1) is 6.92 Å². The Morgan fingerprint density at radius 3 is 2.16 bits per heavy atom.